The quantitative estimate of drug-likeness (QED) is 0.696. The summed E-state index contributed by atoms with van der Waals surface area (Å²) >= 11 is 0. The number of hydrogen-bond acceptors (Lipinski definition) is 0. The molecule has 0 heteroatoms. The van der Waals surface area contributed by atoms with Crippen LogP contribution in [0, 0.1) is 12.1 Å². The van der Waals surface area contributed by atoms with Crippen molar-refractivity contribution in [3.8, 4) is 11.1 Å². The zero-order chi connectivity index (χ0) is 14.5. The lowest BCUT2D eigenvalue weighted by Crippen LogP contribution is -2.04. The first kappa shape index (κ1) is 14.8. The highest BCUT2D eigenvalue weighted by Crippen LogP contribution is 2.34. The third kappa shape index (κ3) is 2.65. The summed E-state index contributed by atoms with van der Waals surface area (Å²) in [4.78, 5) is 0. The van der Waals surface area contributed by atoms with Gasteiger partial charge in [0.1, 0.15) is 0 Å². The molecule has 2 rings (SSSR count). The van der Waals surface area contributed by atoms with Crippen molar-refractivity contribution in [3.05, 3.63) is 58.7 Å². The predicted octanol–water partition coefficient (Wildman–Crippen LogP) is 5.20. The minimum Gasteiger partial charge on any atom is -0.0613 e. The van der Waals surface area contributed by atoms with Crippen LogP contribution in [0.2, 0.25) is 0 Å². The molecule has 0 saturated heterocycles. The Balaban J connectivity index is 2.80. The molecule has 0 nitrogen and oxygen atoms in total. The van der Waals surface area contributed by atoms with E-state index in [1.165, 1.54) is 33.4 Å². The largest absolute Gasteiger partial charge is 0.0613 e. The lowest BCUT2D eigenvalue weighted by atomic mass is 9.84. The summed E-state index contributed by atoms with van der Waals surface area (Å²) in [6.45, 7) is 8.98. The Morgan fingerprint density at radius 2 is 1.25 bits per heavy atom. The third-order valence-corrected chi connectivity index (χ3v) is 4.06. The van der Waals surface area contributed by atoms with Crippen LogP contribution in [0.3, 0.4) is 0 Å². The Hall–Kier alpha value is -1.56. The van der Waals surface area contributed by atoms with Crippen LogP contribution < -0.4 is 0 Å². The molecular formula is C20H24. The third-order valence-electron chi connectivity index (χ3n) is 4.06. The smallest absolute Gasteiger partial charge is 0.0108 e. The van der Waals surface area contributed by atoms with E-state index in [-0.39, 0.29) is 0 Å². The molecule has 0 bridgehead atoms. The molecule has 0 aromatic heterocycles. The molecule has 0 aliphatic heterocycles. The van der Waals surface area contributed by atoms with Gasteiger partial charge in [-0.25, -0.2) is 0 Å². The summed E-state index contributed by atoms with van der Waals surface area (Å²) in [5, 5.41) is 0. The van der Waals surface area contributed by atoms with Crippen molar-refractivity contribution < 1.29 is 0 Å². The van der Waals surface area contributed by atoms with Gasteiger partial charge in [-0.2, -0.15) is 0 Å². The summed E-state index contributed by atoms with van der Waals surface area (Å²) in [5.41, 5.74) is 8.53. The van der Waals surface area contributed by atoms with Crippen molar-refractivity contribution in [2.75, 3.05) is 0 Å². The van der Waals surface area contributed by atoms with E-state index in [1.54, 1.807) is 0 Å². The van der Waals surface area contributed by atoms with Crippen LogP contribution in [0.1, 0.15) is 49.9 Å². The van der Waals surface area contributed by atoms with Gasteiger partial charge < -0.3 is 0 Å². The minimum atomic E-state index is 1.06. The van der Waals surface area contributed by atoms with Crippen molar-refractivity contribution in [1.82, 2.24) is 0 Å². The van der Waals surface area contributed by atoms with Crippen LogP contribution >= 0.6 is 0 Å². The van der Waals surface area contributed by atoms with E-state index in [4.69, 9.17) is 0 Å². The maximum absolute atomic E-state index is 3.69. The highest BCUT2D eigenvalue weighted by atomic mass is 14.2. The molecule has 0 atom stereocenters. The second-order valence-corrected chi connectivity index (χ2v) is 5.12. The maximum atomic E-state index is 3.69. The van der Waals surface area contributed by atoms with Crippen molar-refractivity contribution >= 4 is 0 Å². The first-order valence-corrected chi connectivity index (χ1v) is 7.81. The highest BCUT2D eigenvalue weighted by Gasteiger charge is 2.16. The Morgan fingerprint density at radius 3 is 1.65 bits per heavy atom. The Labute approximate surface area is 123 Å². The molecule has 2 aromatic carbocycles. The van der Waals surface area contributed by atoms with E-state index >= 15 is 0 Å². The lowest BCUT2D eigenvalue weighted by molar-refractivity contribution is 0.973. The Bertz CT molecular complexity index is 534. The standard InChI is InChI=1S/C20H24/c1-5-15-14-16(6-2)19(8-4)20(18(15)7-3)17-12-10-9-11-13-17/h10-13H,5-8H2,1-4H3. The van der Waals surface area contributed by atoms with Crippen molar-refractivity contribution in [2.45, 2.75) is 53.4 Å². The van der Waals surface area contributed by atoms with Crippen LogP contribution in [-0.2, 0) is 25.7 Å². The van der Waals surface area contributed by atoms with Crippen LogP contribution in [0.5, 0.6) is 0 Å². The molecule has 104 valence electrons. The molecule has 0 aliphatic rings. The fraction of sp³-hybridized carbons (Fsp3) is 0.400. The zero-order valence-corrected chi connectivity index (χ0v) is 13.1. The van der Waals surface area contributed by atoms with E-state index in [0.29, 0.717) is 0 Å². The Kier molecular flexibility index (Phi) is 5.00. The second kappa shape index (κ2) is 6.74. The molecule has 0 unspecified atom stereocenters. The molecule has 0 N–H and O–H groups in total. The summed E-state index contributed by atoms with van der Waals surface area (Å²) in [5.74, 6) is 0. The van der Waals surface area contributed by atoms with Gasteiger partial charge in [0, 0.05) is 0 Å². The second-order valence-electron chi connectivity index (χ2n) is 5.12. The van der Waals surface area contributed by atoms with E-state index < -0.39 is 0 Å². The fourth-order valence-electron chi connectivity index (χ4n) is 3.10. The van der Waals surface area contributed by atoms with E-state index in [9.17, 15) is 0 Å². The van der Waals surface area contributed by atoms with Gasteiger partial charge >= 0.3 is 0 Å². The van der Waals surface area contributed by atoms with Crippen molar-refractivity contribution in [3.63, 3.8) is 0 Å². The van der Waals surface area contributed by atoms with Crippen LogP contribution in [-0.4, -0.2) is 0 Å². The van der Waals surface area contributed by atoms with Gasteiger partial charge in [-0.3, -0.25) is 0 Å². The minimum absolute atomic E-state index is 1.06. The molecule has 20 heavy (non-hydrogen) atoms. The Morgan fingerprint density at radius 1 is 0.750 bits per heavy atom. The molecule has 0 heterocycles. The van der Waals surface area contributed by atoms with Gasteiger partial charge in [-0.05, 0) is 71.2 Å². The van der Waals surface area contributed by atoms with Crippen LogP contribution in [0.25, 0.3) is 11.1 Å². The zero-order valence-electron chi connectivity index (χ0n) is 13.1. The van der Waals surface area contributed by atoms with Gasteiger partial charge in [0.05, 0.1) is 0 Å². The molecule has 2 aromatic rings. The van der Waals surface area contributed by atoms with Crippen LogP contribution in [0.15, 0.2) is 24.3 Å². The molecule has 0 aliphatic carbocycles. The SMILES string of the molecule is CCc1[c]c(CC)c(CC)c(-c2cc[c]cc2)c1CC. The maximum Gasteiger partial charge on any atom is -0.0108 e. The van der Waals surface area contributed by atoms with Crippen molar-refractivity contribution in [1.29, 1.82) is 0 Å². The van der Waals surface area contributed by atoms with E-state index in [1.807, 2.05) is 12.1 Å². The van der Waals surface area contributed by atoms with Gasteiger partial charge in [0.25, 0.3) is 0 Å². The molecule has 0 amide bonds. The first-order chi connectivity index (χ1) is 9.76. The molecular weight excluding hydrogens is 240 g/mol. The average Bonchev–Trinajstić information content (AvgIpc) is 2.53. The van der Waals surface area contributed by atoms with E-state index in [2.05, 4.69) is 52.0 Å². The van der Waals surface area contributed by atoms with Gasteiger partial charge in [-0.1, -0.05) is 52.0 Å². The average molecular weight is 264 g/mol. The summed E-state index contributed by atoms with van der Waals surface area (Å²) in [7, 11) is 0. The highest BCUT2D eigenvalue weighted by molar-refractivity contribution is 5.74. The van der Waals surface area contributed by atoms with Crippen molar-refractivity contribution in [2.24, 2.45) is 0 Å². The number of aryl methyl sites for hydroxylation is 2. The van der Waals surface area contributed by atoms with Gasteiger partial charge in [-0.15, -0.1) is 0 Å². The summed E-state index contributed by atoms with van der Waals surface area (Å²) in [6.07, 6.45) is 4.27. The van der Waals surface area contributed by atoms with E-state index in [0.717, 1.165) is 25.7 Å². The lowest BCUT2D eigenvalue weighted by Gasteiger charge is -2.20. The van der Waals surface area contributed by atoms with Gasteiger partial charge in [0.15, 0.2) is 0 Å². The number of rotatable bonds is 5. The molecule has 0 spiro atoms. The topological polar surface area (TPSA) is 0 Å². The van der Waals surface area contributed by atoms with Gasteiger partial charge in [0.2, 0.25) is 0 Å². The first-order valence-electron chi connectivity index (χ1n) is 7.81. The predicted molar refractivity (Wildman–Crippen MR) is 87.1 cm³/mol. The van der Waals surface area contributed by atoms with Crippen LogP contribution in [0.4, 0.5) is 0 Å². The molecule has 0 fully saturated rings. The summed E-state index contributed by atoms with van der Waals surface area (Å²) < 4.78 is 0. The normalized spacial score (nSPS) is 10.8. The molecule has 2 radical (unpaired) electrons. The number of hydrogen-bond donors (Lipinski definition) is 0. The summed E-state index contributed by atoms with van der Waals surface area (Å²) in [6, 6.07) is 15.2. The monoisotopic (exact) mass is 264 g/mol. The molecule has 0 saturated carbocycles. The number of benzene rings is 2. The fourth-order valence-corrected chi connectivity index (χ4v) is 3.10.